The first-order chi connectivity index (χ1) is 44.3. The van der Waals surface area contributed by atoms with Crippen molar-refractivity contribution in [3.8, 4) is 33.4 Å². The van der Waals surface area contributed by atoms with Crippen LogP contribution >= 0.6 is 49.9 Å². The van der Waals surface area contributed by atoms with E-state index >= 15 is 0 Å². The Hall–Kier alpha value is -7.82. The monoisotopic (exact) mass is 1400 g/mol. The summed E-state index contributed by atoms with van der Waals surface area (Å²) in [4.78, 5) is 63.2. The topological polar surface area (TPSA) is 113 Å². The number of rotatable bonds is 10. The average Bonchev–Trinajstić information content (AvgIpc) is 1.66. The van der Waals surface area contributed by atoms with Gasteiger partial charge in [0.25, 0.3) is 0 Å². The number of ketones is 3. The summed E-state index contributed by atoms with van der Waals surface area (Å²) in [6.45, 7) is 4.02. The molecule has 3 aliphatic carbocycles. The van der Waals surface area contributed by atoms with Crippen LogP contribution in [0.25, 0.3) is 33.4 Å². The fourth-order valence-corrected chi connectivity index (χ4v) is 14.5. The molecule has 9 aromatic rings. The van der Waals surface area contributed by atoms with Crippen LogP contribution in [0.1, 0.15) is 125 Å². The van der Waals surface area contributed by atoms with E-state index in [9.17, 15) is 63.5 Å². The van der Waals surface area contributed by atoms with Crippen LogP contribution in [-0.4, -0.2) is 56.7 Å². The van der Waals surface area contributed by atoms with Crippen LogP contribution in [0, 0.1) is 18.8 Å². The Morgan fingerprint density at radius 3 is 1.24 bits per heavy atom. The van der Waals surface area contributed by atoms with Crippen molar-refractivity contribution in [3.05, 3.63) is 243 Å². The third-order valence-corrected chi connectivity index (χ3v) is 19.8. The number of hydrogen-bond acceptors (Lipinski definition) is 11. The Balaban J connectivity index is 0.000000149. The van der Waals surface area contributed by atoms with Crippen molar-refractivity contribution in [1.82, 2.24) is 0 Å². The molecule has 0 radical (unpaired) electrons. The van der Waals surface area contributed by atoms with Crippen LogP contribution in [0.5, 0.6) is 0 Å². The molecule has 484 valence electrons. The molecule has 4 heterocycles. The number of alkyl halides is 10. The van der Waals surface area contributed by atoms with Crippen LogP contribution in [0.2, 0.25) is 0 Å². The fraction of sp³-hybridized carbons (Fsp3) is 0.264. The molecular weight excluding hydrogens is 1340 g/mol. The first-order valence-electron chi connectivity index (χ1n) is 29.3. The molecule has 13 rings (SSSR count). The highest BCUT2D eigenvalue weighted by Crippen LogP contribution is 2.42. The second-order valence-electron chi connectivity index (χ2n) is 22.2. The maximum atomic E-state index is 13.1. The van der Waals surface area contributed by atoms with E-state index < -0.39 is 41.2 Å². The smallest absolute Gasteiger partial charge is 0.416 e. The van der Waals surface area contributed by atoms with E-state index in [1.807, 2.05) is 13.0 Å². The highest BCUT2D eigenvalue weighted by molar-refractivity contribution is 9.08. The Bertz CT molecular complexity index is 4170. The largest absolute Gasteiger partial charge is 0.465 e. The van der Waals surface area contributed by atoms with Gasteiger partial charge in [0.15, 0.2) is 17.3 Å². The van der Waals surface area contributed by atoms with Crippen LogP contribution in [0.4, 0.5) is 39.5 Å². The number of carbonyl (C=O) groups is 5. The van der Waals surface area contributed by atoms with Gasteiger partial charge in [0, 0.05) is 78.9 Å². The summed E-state index contributed by atoms with van der Waals surface area (Å²) in [6.07, 6.45) is -7.42. The Labute approximate surface area is 551 Å². The molecule has 0 N–H and O–H groups in total. The van der Waals surface area contributed by atoms with Gasteiger partial charge in [-0.1, -0.05) is 107 Å². The summed E-state index contributed by atoms with van der Waals surface area (Å²) >= 11 is 7.88. The highest BCUT2D eigenvalue weighted by Gasteiger charge is 2.37. The normalized spacial score (nSPS) is 15.5. The summed E-state index contributed by atoms with van der Waals surface area (Å²) in [6, 6.07) is 37.1. The first-order valence-corrected chi connectivity index (χ1v) is 33.1. The van der Waals surface area contributed by atoms with Gasteiger partial charge in [-0.05, 0) is 167 Å². The van der Waals surface area contributed by atoms with Gasteiger partial charge >= 0.3 is 30.5 Å². The Kier molecular flexibility index (Phi) is 22.8. The van der Waals surface area contributed by atoms with Gasteiger partial charge in [0.1, 0.15) is 0 Å². The van der Waals surface area contributed by atoms with Crippen molar-refractivity contribution in [1.29, 1.82) is 0 Å². The molecular formula is C72H60BrF9O8S3. The Morgan fingerprint density at radius 1 is 0.484 bits per heavy atom. The van der Waals surface area contributed by atoms with E-state index in [0.717, 1.165) is 92.5 Å². The lowest BCUT2D eigenvalue weighted by molar-refractivity contribution is -0.138. The molecule has 1 saturated heterocycles. The third-order valence-electron chi connectivity index (χ3n) is 15.9. The molecule has 93 heavy (non-hydrogen) atoms. The fourth-order valence-electron chi connectivity index (χ4n) is 11.4. The number of hydrogen-bond donors (Lipinski definition) is 0. The van der Waals surface area contributed by atoms with Gasteiger partial charge in [-0.25, -0.2) is 9.59 Å². The van der Waals surface area contributed by atoms with Gasteiger partial charge in [-0.2, -0.15) is 39.5 Å². The van der Waals surface area contributed by atoms with Gasteiger partial charge in [0.05, 0.1) is 42.0 Å². The van der Waals surface area contributed by atoms with Gasteiger partial charge in [-0.3, -0.25) is 14.4 Å². The molecule has 2 atom stereocenters. The summed E-state index contributed by atoms with van der Waals surface area (Å²) in [5.41, 5.74) is 8.08. The number of thiophene rings is 3. The summed E-state index contributed by atoms with van der Waals surface area (Å²) in [7, 11) is 2.69. The van der Waals surface area contributed by atoms with E-state index in [4.69, 9.17) is 9.47 Å². The molecule has 8 nitrogen and oxygen atoms in total. The number of halogens is 10. The zero-order valence-electron chi connectivity index (χ0n) is 50.3. The summed E-state index contributed by atoms with van der Waals surface area (Å²) in [5.74, 6) is -1.02. The number of Topliss-reactive ketones (excluding diaryl/α,β-unsaturated/α-hetero) is 3. The maximum Gasteiger partial charge on any atom is 0.416 e. The van der Waals surface area contributed by atoms with E-state index in [-0.39, 0.29) is 35.2 Å². The van der Waals surface area contributed by atoms with Gasteiger partial charge in [0.2, 0.25) is 0 Å². The molecule has 1 aliphatic heterocycles. The second-order valence-corrected chi connectivity index (χ2v) is 25.8. The minimum absolute atomic E-state index is 0.0214. The molecule has 1 fully saturated rings. The van der Waals surface area contributed by atoms with Crippen LogP contribution in [0.15, 0.2) is 162 Å². The zero-order valence-corrected chi connectivity index (χ0v) is 54.3. The quantitative estimate of drug-likeness (QED) is 0.0756. The van der Waals surface area contributed by atoms with Crippen LogP contribution < -0.4 is 0 Å². The minimum Gasteiger partial charge on any atom is -0.465 e. The Morgan fingerprint density at radius 2 is 0.860 bits per heavy atom. The molecule has 0 spiro atoms. The van der Waals surface area contributed by atoms with Crippen LogP contribution in [0.3, 0.4) is 0 Å². The number of ether oxygens (including phenoxy) is 3. The molecule has 6 aromatic carbocycles. The second kappa shape index (κ2) is 30.5. The lowest BCUT2D eigenvalue weighted by Gasteiger charge is -2.12. The number of benzene rings is 6. The van der Waals surface area contributed by atoms with Crippen molar-refractivity contribution in [2.45, 2.75) is 82.1 Å². The predicted octanol–water partition coefficient (Wildman–Crippen LogP) is 19.9. The van der Waals surface area contributed by atoms with E-state index in [1.165, 1.54) is 67.0 Å². The number of carbonyl (C=O) groups excluding carboxylic acids is 5. The van der Waals surface area contributed by atoms with Crippen LogP contribution in [-0.2, 0) is 70.2 Å². The van der Waals surface area contributed by atoms with E-state index in [1.54, 1.807) is 112 Å². The van der Waals surface area contributed by atoms with Crippen molar-refractivity contribution in [2.75, 3.05) is 27.4 Å². The SMILES string of the molecule is C1CCOC1.COC(=O)c1csc(CBr)c1.COC(=O)c1csc(CC2Cc3c(cccc3-c3cccc(C(F)(F)F)c3)C2=O)c1.Cc1csc(CC2Cc3c(cccc3-c3cccc(C(F)(F)F)c3)C2=O)c1.O=C1CCc2c1cccc2-c1cccc(C(F)(F)F)c1. The molecule has 0 saturated carbocycles. The van der Waals surface area contributed by atoms with Crippen molar-refractivity contribution >= 4 is 79.2 Å². The lowest BCUT2D eigenvalue weighted by atomic mass is 9.95. The lowest BCUT2D eigenvalue weighted by Crippen LogP contribution is -2.11. The zero-order chi connectivity index (χ0) is 66.8. The molecule has 3 aromatic heterocycles. The maximum absolute atomic E-state index is 13.1. The summed E-state index contributed by atoms with van der Waals surface area (Å²) < 4.78 is 131. The molecule has 4 aliphatic rings. The van der Waals surface area contributed by atoms with E-state index in [2.05, 4.69) is 32.1 Å². The molecule has 2 unspecified atom stereocenters. The first kappa shape index (κ1) is 69.5. The number of methoxy groups -OCH3 is 2. The van der Waals surface area contributed by atoms with Gasteiger partial charge < -0.3 is 14.2 Å². The van der Waals surface area contributed by atoms with Crippen molar-refractivity contribution in [3.63, 3.8) is 0 Å². The average molecular weight is 1400 g/mol. The molecule has 0 amide bonds. The van der Waals surface area contributed by atoms with Gasteiger partial charge in [-0.15, -0.1) is 34.0 Å². The number of esters is 2. The summed E-state index contributed by atoms with van der Waals surface area (Å²) in [5, 5.41) is 6.34. The number of fused-ring (bicyclic) bond motifs is 3. The number of aryl methyl sites for hydroxylation is 1. The third kappa shape index (κ3) is 17.3. The molecule has 0 bridgehead atoms. The van der Waals surface area contributed by atoms with Crippen molar-refractivity contribution < 1.29 is 77.7 Å². The predicted molar refractivity (Wildman–Crippen MR) is 347 cm³/mol. The minimum atomic E-state index is -4.43. The highest BCUT2D eigenvalue weighted by atomic mass is 79.9. The van der Waals surface area contributed by atoms with E-state index in [0.29, 0.717) is 88.6 Å². The molecule has 21 heteroatoms. The standard InChI is InChI=1S/C23H17F3O3S.C22H17F3OS.C16H11F3O.C7H7BrO2S.C4H8O/c1-29-22(28)15-10-17(30-12-15)9-14-11-20-18(6-3-7-19(20)21(14)27)13-4-2-5-16(8-13)23(24,25)26;1-13-8-17(27-12-13)10-15-11-20-18(6-3-7-19(20)21(15)26)14-4-2-5-16(9-14)22(23,24)25;17-16(18,19)11-4-1-3-10(9-11)12-5-2-6-14-13(12)7-8-15(14)20;1-10-7(9)5-2-6(3-8)11-4-5;1-2-4-5-3-1/h2-8,10,12,14H,9,11H2,1H3;2-9,12,15H,10-11H2,1H3;1-6,9H,7-8H2;2,4H,3H2,1H3;1-4H2. The van der Waals surface area contributed by atoms with Crippen molar-refractivity contribution in [2.24, 2.45) is 11.8 Å².